The lowest BCUT2D eigenvalue weighted by Gasteiger charge is -2.19. The van der Waals surface area contributed by atoms with E-state index in [0.717, 1.165) is 0 Å². The number of pyridine rings is 1. The van der Waals surface area contributed by atoms with E-state index >= 15 is 0 Å². The number of hydrogen-bond donors (Lipinski definition) is 3. The fourth-order valence-electron chi connectivity index (χ4n) is 2.67. The van der Waals surface area contributed by atoms with Gasteiger partial charge in [0, 0.05) is 12.7 Å². The van der Waals surface area contributed by atoms with Gasteiger partial charge in [-0.05, 0) is 31.6 Å². The maximum Gasteiger partial charge on any atom is 0.328 e. The molecule has 3 amide bonds. The van der Waals surface area contributed by atoms with Crippen molar-refractivity contribution in [2.75, 3.05) is 5.75 Å². The maximum absolute atomic E-state index is 12.5. The van der Waals surface area contributed by atoms with E-state index in [1.807, 2.05) is 0 Å². The van der Waals surface area contributed by atoms with E-state index in [1.54, 1.807) is 24.3 Å². The minimum absolute atomic E-state index is 0.000984. The summed E-state index contributed by atoms with van der Waals surface area (Å²) < 4.78 is 5.40. The Morgan fingerprint density at radius 2 is 2.03 bits per heavy atom. The lowest BCUT2D eigenvalue weighted by Crippen LogP contribution is -2.44. The molecule has 0 fully saturated rings. The Labute approximate surface area is 195 Å². The first-order valence-electron chi connectivity index (χ1n) is 10.2. The molecular formula is C22H26N4O6S. The number of fused-ring (bicyclic) bond motifs is 2. The molecule has 2 rings (SSSR count). The predicted octanol–water partition coefficient (Wildman–Crippen LogP) is 0.987. The molecule has 2 bridgehead atoms. The molecule has 0 saturated heterocycles. The summed E-state index contributed by atoms with van der Waals surface area (Å²) in [4.78, 5) is 64.8. The molecule has 0 unspecified atom stereocenters. The van der Waals surface area contributed by atoms with E-state index in [1.165, 1.54) is 31.7 Å². The summed E-state index contributed by atoms with van der Waals surface area (Å²) in [6, 6.07) is 3.63. The molecular weight excluding hydrogens is 448 g/mol. The summed E-state index contributed by atoms with van der Waals surface area (Å²) >= 11 is 1.17. The van der Waals surface area contributed by atoms with Crippen molar-refractivity contribution in [3.63, 3.8) is 0 Å². The van der Waals surface area contributed by atoms with Crippen LogP contribution in [0.2, 0.25) is 0 Å². The molecule has 1 aromatic rings. The van der Waals surface area contributed by atoms with Crippen molar-refractivity contribution in [1.29, 1.82) is 0 Å². The Kier molecular flexibility index (Phi) is 9.80. The molecule has 0 aromatic carbocycles. The van der Waals surface area contributed by atoms with Gasteiger partial charge in [0.25, 0.3) is 11.8 Å². The third kappa shape index (κ3) is 8.89. The van der Waals surface area contributed by atoms with Gasteiger partial charge in [0.15, 0.2) is 5.12 Å². The number of cyclic esters (lactones) is 1. The van der Waals surface area contributed by atoms with Gasteiger partial charge in [0.05, 0.1) is 24.4 Å². The maximum atomic E-state index is 12.5. The van der Waals surface area contributed by atoms with Gasteiger partial charge in [-0.25, -0.2) is 9.78 Å². The highest BCUT2D eigenvalue weighted by Crippen LogP contribution is 2.09. The zero-order valence-electron chi connectivity index (χ0n) is 18.4. The largest absolute Gasteiger partial charge is 0.456 e. The molecule has 176 valence electrons. The molecule has 10 nitrogen and oxygen atoms in total. The number of carbonyl (C=O) groups excluding carboxylic acids is 5. The van der Waals surface area contributed by atoms with Crippen LogP contribution in [0.5, 0.6) is 0 Å². The molecule has 1 aliphatic heterocycles. The van der Waals surface area contributed by atoms with E-state index in [4.69, 9.17) is 4.74 Å². The first-order chi connectivity index (χ1) is 15.7. The van der Waals surface area contributed by atoms with Crippen molar-refractivity contribution in [2.45, 2.75) is 45.4 Å². The van der Waals surface area contributed by atoms with Gasteiger partial charge in [-0.3, -0.25) is 19.2 Å². The standard InChI is InChI=1S/C22H26N4O6S/c1-13-20(29)25-14(2)22(31)32-17(8-4-5-10-33-15(3)27)11-19(28)23-12-16-7-6-9-18(26-16)21(30)24-13/h4,6-9,14,17H,1,5,10-12H2,2-3H3,(H,23,28)(H,24,30)(H,25,29)/b8-4+/t14-,17+/m0/s1. The summed E-state index contributed by atoms with van der Waals surface area (Å²) in [5, 5.41) is 7.41. The van der Waals surface area contributed by atoms with Crippen LogP contribution in [0, 0.1) is 0 Å². The molecule has 2 heterocycles. The molecule has 11 heteroatoms. The Morgan fingerprint density at radius 3 is 2.76 bits per heavy atom. The number of carbonyl (C=O) groups is 5. The Bertz CT molecular complexity index is 977. The van der Waals surface area contributed by atoms with Gasteiger partial charge in [0.2, 0.25) is 5.91 Å². The average molecular weight is 475 g/mol. The van der Waals surface area contributed by atoms with Crippen LogP contribution in [0.3, 0.4) is 0 Å². The van der Waals surface area contributed by atoms with Crippen molar-refractivity contribution < 1.29 is 28.7 Å². The van der Waals surface area contributed by atoms with Gasteiger partial charge in [0.1, 0.15) is 17.8 Å². The van der Waals surface area contributed by atoms with Crippen LogP contribution in [0.1, 0.15) is 42.9 Å². The van der Waals surface area contributed by atoms with Crippen LogP contribution in [-0.4, -0.2) is 51.7 Å². The summed E-state index contributed by atoms with van der Waals surface area (Å²) in [5.74, 6) is -2.02. The third-order valence-electron chi connectivity index (χ3n) is 4.34. The van der Waals surface area contributed by atoms with Crippen molar-refractivity contribution in [1.82, 2.24) is 20.9 Å². The quantitative estimate of drug-likeness (QED) is 0.254. The lowest BCUT2D eigenvalue weighted by atomic mass is 10.2. The number of rotatable bonds is 4. The van der Waals surface area contributed by atoms with Gasteiger partial charge in [-0.1, -0.05) is 30.5 Å². The van der Waals surface area contributed by atoms with E-state index in [2.05, 4.69) is 27.5 Å². The molecule has 33 heavy (non-hydrogen) atoms. The average Bonchev–Trinajstić information content (AvgIpc) is 2.76. The molecule has 0 radical (unpaired) electrons. The SMILES string of the molecule is C=C1NC(=O)c2cccc(n2)CNC(=O)C[C@@H](/C=C/CCSC(C)=O)OC(=O)[C@H](C)NC1=O. The number of hydrogen-bond acceptors (Lipinski definition) is 8. The van der Waals surface area contributed by atoms with Gasteiger partial charge in [-0.2, -0.15) is 0 Å². The molecule has 0 aliphatic carbocycles. The first-order valence-corrected chi connectivity index (χ1v) is 11.2. The predicted molar refractivity (Wildman–Crippen MR) is 122 cm³/mol. The number of esters is 1. The third-order valence-corrected chi connectivity index (χ3v) is 5.19. The highest BCUT2D eigenvalue weighted by Gasteiger charge is 2.24. The molecule has 0 spiro atoms. The first kappa shape index (κ1) is 25.8. The van der Waals surface area contributed by atoms with Crippen molar-refractivity contribution in [2.24, 2.45) is 0 Å². The monoisotopic (exact) mass is 474 g/mol. The van der Waals surface area contributed by atoms with Crippen LogP contribution in [0.15, 0.2) is 42.6 Å². The second kappa shape index (κ2) is 12.5. The highest BCUT2D eigenvalue weighted by atomic mass is 32.2. The fourth-order valence-corrected chi connectivity index (χ4v) is 3.21. The van der Waals surface area contributed by atoms with Crippen LogP contribution in [-0.2, 0) is 30.5 Å². The zero-order valence-corrected chi connectivity index (χ0v) is 19.2. The van der Waals surface area contributed by atoms with E-state index in [0.29, 0.717) is 17.9 Å². The number of nitrogens with one attached hydrogen (secondary N) is 3. The number of allylic oxidation sites excluding steroid dienone is 1. The number of thioether (sulfide) groups is 1. The topological polar surface area (TPSA) is 144 Å². The van der Waals surface area contributed by atoms with Crippen LogP contribution >= 0.6 is 11.8 Å². The Hall–Kier alpha value is -3.47. The number of nitrogens with zero attached hydrogens (tertiary/aromatic N) is 1. The van der Waals surface area contributed by atoms with Gasteiger partial charge >= 0.3 is 5.97 Å². The lowest BCUT2D eigenvalue weighted by molar-refractivity contribution is -0.151. The van der Waals surface area contributed by atoms with Crippen molar-refractivity contribution in [3.8, 4) is 0 Å². The minimum atomic E-state index is -1.06. The molecule has 1 aromatic heterocycles. The van der Waals surface area contributed by atoms with Gasteiger partial charge < -0.3 is 20.7 Å². The van der Waals surface area contributed by atoms with E-state index in [9.17, 15) is 24.0 Å². The Balaban J connectivity index is 2.20. The summed E-state index contributed by atoms with van der Waals surface area (Å²) in [5.41, 5.74) is 0.211. The van der Waals surface area contributed by atoms with E-state index < -0.39 is 35.8 Å². The molecule has 0 saturated carbocycles. The molecule has 1 aliphatic rings. The molecule has 3 N–H and O–H groups in total. The van der Waals surface area contributed by atoms with Crippen molar-refractivity contribution >= 4 is 40.6 Å². The zero-order chi connectivity index (χ0) is 24.4. The van der Waals surface area contributed by atoms with Crippen LogP contribution < -0.4 is 16.0 Å². The highest BCUT2D eigenvalue weighted by molar-refractivity contribution is 8.13. The summed E-state index contributed by atoms with van der Waals surface area (Å²) in [6.45, 7) is 6.46. The van der Waals surface area contributed by atoms with Crippen LogP contribution in [0.25, 0.3) is 0 Å². The van der Waals surface area contributed by atoms with Gasteiger partial charge in [-0.15, -0.1) is 0 Å². The number of ether oxygens (including phenoxy) is 1. The second-order valence-corrected chi connectivity index (χ2v) is 8.43. The Morgan fingerprint density at radius 1 is 1.27 bits per heavy atom. The van der Waals surface area contributed by atoms with Crippen molar-refractivity contribution in [3.05, 3.63) is 54.0 Å². The molecule has 2 atom stereocenters. The van der Waals surface area contributed by atoms with Crippen LogP contribution in [0.4, 0.5) is 0 Å². The normalized spacial score (nSPS) is 20.6. The minimum Gasteiger partial charge on any atom is -0.456 e. The fraction of sp³-hybridized carbons (Fsp3) is 0.364. The summed E-state index contributed by atoms with van der Waals surface area (Å²) in [6.07, 6.45) is 2.81. The second-order valence-electron chi connectivity index (χ2n) is 7.16. The number of amides is 3. The number of aromatic nitrogens is 1. The summed E-state index contributed by atoms with van der Waals surface area (Å²) in [7, 11) is 0. The smallest absolute Gasteiger partial charge is 0.328 e. The van der Waals surface area contributed by atoms with E-state index in [-0.39, 0.29) is 29.5 Å².